The van der Waals surface area contributed by atoms with Crippen LogP contribution in [0.2, 0.25) is 0 Å². The lowest BCUT2D eigenvalue weighted by atomic mass is 10.0. The first-order valence-corrected chi connectivity index (χ1v) is 20.5. The van der Waals surface area contributed by atoms with Gasteiger partial charge >= 0.3 is 0 Å². The maximum Gasteiger partial charge on any atom is 0.147 e. The van der Waals surface area contributed by atoms with Gasteiger partial charge in [0.15, 0.2) is 0 Å². The summed E-state index contributed by atoms with van der Waals surface area (Å²) in [4.78, 5) is 4.56. The van der Waals surface area contributed by atoms with Crippen LogP contribution in [0, 0.1) is 0 Å². The van der Waals surface area contributed by atoms with Crippen LogP contribution in [0.1, 0.15) is 103 Å². The van der Waals surface area contributed by atoms with Crippen LogP contribution >= 0.6 is 67.6 Å². The van der Waals surface area contributed by atoms with Crippen LogP contribution in [-0.2, 0) is 9.47 Å². The Hall–Kier alpha value is 1.10. The molecule has 0 radical (unpaired) electrons. The normalized spacial score (nSPS) is 16.2. The average molecular weight is 641 g/mol. The van der Waals surface area contributed by atoms with E-state index < -0.39 is 0 Å². The molecule has 0 unspecified atom stereocenters. The number of morpholine rings is 2. The Morgan fingerprint density at radius 1 is 0.447 bits per heavy atom. The van der Waals surface area contributed by atoms with Crippen LogP contribution in [0.5, 0.6) is 0 Å². The molecule has 0 aromatic heterocycles. The van der Waals surface area contributed by atoms with E-state index in [1.165, 1.54) is 114 Å². The van der Waals surface area contributed by atoms with Crippen molar-refractivity contribution >= 4 is 76.3 Å². The highest BCUT2D eigenvalue weighted by Gasteiger charge is 2.15. The molecule has 0 aliphatic carbocycles. The molecule has 0 bridgehead atoms. The van der Waals surface area contributed by atoms with Gasteiger partial charge in [-0.3, -0.25) is 0 Å². The van der Waals surface area contributed by atoms with Gasteiger partial charge in [0, 0.05) is 37.7 Å². The van der Waals surface area contributed by atoms with Crippen LogP contribution in [-0.4, -0.2) is 82.6 Å². The Morgan fingerprint density at radius 2 is 0.711 bits per heavy atom. The van der Waals surface area contributed by atoms with Gasteiger partial charge in [0.05, 0.1) is 26.4 Å². The zero-order valence-corrected chi connectivity index (χ0v) is 28.4. The molecule has 0 aromatic rings. The van der Waals surface area contributed by atoms with Gasteiger partial charge in [-0.05, 0) is 34.4 Å². The molecule has 2 heterocycles. The zero-order chi connectivity index (χ0) is 26.9. The van der Waals surface area contributed by atoms with Crippen molar-refractivity contribution in [3.63, 3.8) is 0 Å². The van der Waals surface area contributed by atoms with Crippen LogP contribution in [0.4, 0.5) is 0 Å². The van der Waals surface area contributed by atoms with Crippen molar-refractivity contribution in [2.75, 3.05) is 64.1 Å². The van der Waals surface area contributed by atoms with Crippen LogP contribution in [0.15, 0.2) is 0 Å². The molecule has 2 rings (SSSR count). The first kappa shape index (κ1) is 35.3. The van der Waals surface area contributed by atoms with Gasteiger partial charge in [-0.2, -0.15) is 0 Å². The molecule has 0 N–H and O–H groups in total. The molecule has 4 nitrogen and oxygen atoms in total. The smallest absolute Gasteiger partial charge is 0.147 e. The third-order valence-electron chi connectivity index (χ3n) is 7.00. The summed E-state index contributed by atoms with van der Waals surface area (Å²) in [5.41, 5.74) is 0. The molecule has 0 saturated carbocycles. The van der Waals surface area contributed by atoms with Crippen molar-refractivity contribution in [3.05, 3.63) is 0 Å². The minimum absolute atomic E-state index is 0.818. The topological polar surface area (TPSA) is 24.9 Å². The van der Waals surface area contributed by atoms with Crippen molar-refractivity contribution in [3.8, 4) is 0 Å². The fraction of sp³-hybridized carbons (Fsp3) is 0.929. The molecule has 0 spiro atoms. The van der Waals surface area contributed by atoms with E-state index in [2.05, 4.69) is 9.80 Å². The van der Waals surface area contributed by atoms with Crippen molar-refractivity contribution < 1.29 is 9.47 Å². The summed E-state index contributed by atoms with van der Waals surface area (Å²) in [5.74, 6) is 2.44. The quantitative estimate of drug-likeness (QED) is 0.0686. The largest absolute Gasteiger partial charge is 0.378 e. The van der Waals surface area contributed by atoms with Crippen molar-refractivity contribution in [1.29, 1.82) is 0 Å². The average Bonchev–Trinajstić information content (AvgIpc) is 2.96. The molecule has 10 heteroatoms. The van der Waals surface area contributed by atoms with Gasteiger partial charge in [0.1, 0.15) is 8.64 Å². The van der Waals surface area contributed by atoms with E-state index in [9.17, 15) is 0 Å². The van der Waals surface area contributed by atoms with E-state index >= 15 is 0 Å². The Kier molecular flexibility index (Phi) is 23.9. The predicted molar refractivity (Wildman–Crippen MR) is 184 cm³/mol. The number of hydrogen-bond donors (Lipinski definition) is 0. The molecule has 0 atom stereocenters. The van der Waals surface area contributed by atoms with E-state index in [-0.39, 0.29) is 0 Å². The summed E-state index contributed by atoms with van der Waals surface area (Å²) >= 11 is 11.1. The van der Waals surface area contributed by atoms with E-state index in [0.717, 1.165) is 61.2 Å². The minimum Gasteiger partial charge on any atom is -0.378 e. The van der Waals surface area contributed by atoms with Crippen LogP contribution < -0.4 is 0 Å². The van der Waals surface area contributed by atoms with Gasteiger partial charge in [-0.1, -0.05) is 136 Å². The van der Waals surface area contributed by atoms with Gasteiger partial charge < -0.3 is 19.3 Å². The molecule has 2 saturated heterocycles. The lowest BCUT2D eigenvalue weighted by Crippen LogP contribution is -2.38. The highest BCUT2D eigenvalue weighted by molar-refractivity contribution is 8.84. The summed E-state index contributed by atoms with van der Waals surface area (Å²) in [6, 6.07) is 0. The predicted octanol–water partition coefficient (Wildman–Crippen LogP) is 9.23. The molecule has 0 amide bonds. The second kappa shape index (κ2) is 25.8. The Balaban J connectivity index is 1.19. The summed E-state index contributed by atoms with van der Waals surface area (Å²) in [6.07, 6.45) is 22.5. The molecule has 222 valence electrons. The van der Waals surface area contributed by atoms with E-state index in [1.54, 1.807) is 21.6 Å². The van der Waals surface area contributed by atoms with Crippen LogP contribution in [0.25, 0.3) is 0 Å². The molecular weight excluding hydrogens is 589 g/mol. The fourth-order valence-electron chi connectivity index (χ4n) is 4.58. The second-order valence-corrected chi connectivity index (χ2v) is 16.3. The van der Waals surface area contributed by atoms with Crippen molar-refractivity contribution in [2.24, 2.45) is 0 Å². The molecule has 2 fully saturated rings. The first-order chi connectivity index (χ1) is 18.8. The maximum atomic E-state index is 5.53. The summed E-state index contributed by atoms with van der Waals surface area (Å²) < 4.78 is 12.9. The number of rotatable bonds is 21. The van der Waals surface area contributed by atoms with Gasteiger partial charge in [0.2, 0.25) is 0 Å². The lowest BCUT2D eigenvalue weighted by Gasteiger charge is -2.28. The summed E-state index contributed by atoms with van der Waals surface area (Å²) in [7, 11) is 7.44. The number of thiocarbonyl (C=S) groups is 2. The van der Waals surface area contributed by atoms with Crippen molar-refractivity contribution in [1.82, 2.24) is 9.80 Å². The maximum absolute atomic E-state index is 5.53. The number of hydrogen-bond acceptors (Lipinski definition) is 8. The zero-order valence-electron chi connectivity index (χ0n) is 23.5. The highest BCUT2D eigenvalue weighted by Crippen LogP contribution is 2.28. The Morgan fingerprint density at radius 3 is 1.00 bits per heavy atom. The number of unbranched alkanes of at least 4 members (excludes halogenated alkanes) is 15. The molecule has 38 heavy (non-hydrogen) atoms. The summed E-state index contributed by atoms with van der Waals surface area (Å²) in [5, 5.41) is 0. The Labute approximate surface area is 260 Å². The van der Waals surface area contributed by atoms with Gasteiger partial charge in [-0.15, -0.1) is 0 Å². The summed E-state index contributed by atoms with van der Waals surface area (Å²) in [6.45, 7) is 7.10. The Bertz CT molecular complexity index is 540. The molecule has 0 aromatic carbocycles. The number of nitrogens with zero attached hydrogens (tertiary/aromatic N) is 2. The van der Waals surface area contributed by atoms with Gasteiger partial charge in [-0.25, -0.2) is 0 Å². The SMILES string of the molecule is S=C(SSCCCCCCCCCCCCCCCCCCSSC(=S)N1CCOCC1)N1CCOCC1. The number of ether oxygens (including phenoxy) is 2. The first-order valence-electron chi connectivity index (χ1n) is 15.1. The minimum atomic E-state index is 0.818. The van der Waals surface area contributed by atoms with E-state index in [1.807, 2.05) is 21.6 Å². The molecule has 2 aliphatic heterocycles. The third-order valence-corrected chi connectivity index (χ3v) is 13.3. The van der Waals surface area contributed by atoms with Crippen molar-refractivity contribution in [2.45, 2.75) is 103 Å². The highest BCUT2D eigenvalue weighted by atomic mass is 33.1. The molecule has 2 aliphatic rings. The third kappa shape index (κ3) is 19.3. The van der Waals surface area contributed by atoms with Gasteiger partial charge in [0.25, 0.3) is 0 Å². The lowest BCUT2D eigenvalue weighted by molar-refractivity contribution is 0.0702. The monoisotopic (exact) mass is 640 g/mol. The van der Waals surface area contributed by atoms with E-state index in [4.69, 9.17) is 33.9 Å². The standard InChI is InChI=1S/C28H52N2O2S6/c33-27(29-17-21-31-22-18-29)37-35-25-15-13-11-9-7-5-3-1-2-4-6-8-10-12-14-16-26-36-38-28(34)30-19-23-32-24-20-30/h1-26H2. The molecular formula is C28H52N2O2S6. The van der Waals surface area contributed by atoms with E-state index in [0.29, 0.717) is 0 Å². The van der Waals surface area contributed by atoms with Crippen LogP contribution in [0.3, 0.4) is 0 Å². The fourth-order valence-corrected chi connectivity index (χ4v) is 9.84. The second-order valence-electron chi connectivity index (χ2n) is 10.2.